The van der Waals surface area contributed by atoms with Crippen LogP contribution in [0.3, 0.4) is 0 Å². The van der Waals surface area contributed by atoms with Crippen LogP contribution in [0, 0.1) is 0 Å². The fourth-order valence-electron chi connectivity index (χ4n) is 1.73. The Balaban J connectivity index is 0.000000720. The summed E-state index contributed by atoms with van der Waals surface area (Å²) in [6, 6.07) is 8.99. The van der Waals surface area contributed by atoms with Gasteiger partial charge in [0, 0.05) is 6.04 Å². The summed E-state index contributed by atoms with van der Waals surface area (Å²) in [7, 11) is 0. The molecule has 66 valence electrons. The first-order chi connectivity index (χ1) is 5.36. The molecule has 1 aromatic carbocycles. The fraction of sp³-hybridized carbons (Fsp3) is 0.400. The molecule has 0 bridgehead atoms. The molecule has 1 atom stereocenters. The van der Waals surface area contributed by atoms with Crippen LogP contribution in [0.5, 0.6) is 0 Å². The van der Waals surface area contributed by atoms with E-state index in [0.29, 0.717) is 6.04 Å². The van der Waals surface area contributed by atoms with Gasteiger partial charge < -0.3 is 5.73 Å². The van der Waals surface area contributed by atoms with Crippen LogP contribution in [0.2, 0.25) is 0 Å². The van der Waals surface area contributed by atoms with E-state index in [0.717, 1.165) is 19.3 Å². The summed E-state index contributed by atoms with van der Waals surface area (Å²) in [5.74, 6) is 0. The highest BCUT2D eigenvalue weighted by molar-refractivity contribution is 8.93. The summed E-state index contributed by atoms with van der Waals surface area (Å²) in [6.07, 6.45) is 3.38. The van der Waals surface area contributed by atoms with Crippen molar-refractivity contribution in [3.63, 3.8) is 0 Å². The molecular formula is C10H14BrN. The molecule has 0 radical (unpaired) electrons. The first kappa shape index (κ1) is 9.75. The minimum Gasteiger partial charge on any atom is -0.327 e. The van der Waals surface area contributed by atoms with E-state index in [1.807, 2.05) is 0 Å². The highest BCUT2D eigenvalue weighted by Crippen LogP contribution is 2.19. The van der Waals surface area contributed by atoms with Gasteiger partial charge in [-0.25, -0.2) is 0 Å². The molecule has 0 heterocycles. The molecule has 1 nitrogen and oxygen atoms in total. The molecule has 0 aromatic heterocycles. The Morgan fingerprint density at radius 1 is 1.17 bits per heavy atom. The van der Waals surface area contributed by atoms with Gasteiger partial charge in [0.1, 0.15) is 0 Å². The quantitative estimate of drug-likeness (QED) is 0.722. The molecular weight excluding hydrogens is 214 g/mol. The number of halogens is 1. The largest absolute Gasteiger partial charge is 0.327 e. The van der Waals surface area contributed by atoms with Gasteiger partial charge in [0.05, 0.1) is 0 Å². The van der Waals surface area contributed by atoms with Gasteiger partial charge in [0.25, 0.3) is 0 Å². The lowest BCUT2D eigenvalue weighted by Gasteiger charge is -2.20. The van der Waals surface area contributed by atoms with Gasteiger partial charge in [-0.1, -0.05) is 24.3 Å². The third-order valence-electron chi connectivity index (χ3n) is 2.38. The molecule has 2 heteroatoms. The molecule has 2 N–H and O–H groups in total. The van der Waals surface area contributed by atoms with Crippen molar-refractivity contribution in [2.45, 2.75) is 25.3 Å². The Labute approximate surface area is 83.7 Å². The van der Waals surface area contributed by atoms with Crippen molar-refractivity contribution in [1.29, 1.82) is 0 Å². The molecule has 1 aliphatic carbocycles. The second-order valence-electron chi connectivity index (χ2n) is 3.27. The van der Waals surface area contributed by atoms with Crippen LogP contribution >= 0.6 is 17.0 Å². The molecule has 0 fully saturated rings. The third-order valence-corrected chi connectivity index (χ3v) is 2.38. The Hall–Kier alpha value is -0.340. The lowest BCUT2D eigenvalue weighted by atomic mass is 9.89. The topological polar surface area (TPSA) is 26.0 Å². The van der Waals surface area contributed by atoms with Gasteiger partial charge in [0.2, 0.25) is 0 Å². The lowest BCUT2D eigenvalue weighted by Crippen LogP contribution is -2.27. The minimum absolute atomic E-state index is 0. The van der Waals surface area contributed by atoms with Crippen molar-refractivity contribution in [1.82, 2.24) is 0 Å². The molecule has 2 rings (SSSR count). The maximum absolute atomic E-state index is 5.85. The van der Waals surface area contributed by atoms with E-state index in [1.165, 1.54) is 11.1 Å². The van der Waals surface area contributed by atoms with Crippen LogP contribution in [0.4, 0.5) is 0 Å². The molecule has 0 spiro atoms. The zero-order valence-electron chi connectivity index (χ0n) is 6.99. The standard InChI is InChI=1S/C10H13N.BrH/c11-10-6-5-8-3-1-2-4-9(8)7-10;/h1-4,10H,5-7,11H2;1H. The first-order valence-electron chi connectivity index (χ1n) is 4.18. The van der Waals surface area contributed by atoms with Gasteiger partial charge in [0.15, 0.2) is 0 Å². The average molecular weight is 228 g/mol. The van der Waals surface area contributed by atoms with Crippen LogP contribution in [0.15, 0.2) is 24.3 Å². The molecule has 1 unspecified atom stereocenters. The molecule has 12 heavy (non-hydrogen) atoms. The second kappa shape index (κ2) is 4.06. The van der Waals surface area contributed by atoms with E-state index >= 15 is 0 Å². The van der Waals surface area contributed by atoms with E-state index in [2.05, 4.69) is 24.3 Å². The predicted molar refractivity (Wildman–Crippen MR) is 56.8 cm³/mol. The second-order valence-corrected chi connectivity index (χ2v) is 3.27. The SMILES string of the molecule is Br.NC1CCc2ccccc2C1. The van der Waals surface area contributed by atoms with Crippen molar-refractivity contribution in [3.8, 4) is 0 Å². The minimum atomic E-state index is 0. The molecule has 0 aliphatic heterocycles. The summed E-state index contributed by atoms with van der Waals surface area (Å²) in [5.41, 5.74) is 8.79. The fourth-order valence-corrected chi connectivity index (χ4v) is 1.73. The van der Waals surface area contributed by atoms with Gasteiger partial charge in [-0.3, -0.25) is 0 Å². The number of fused-ring (bicyclic) bond motifs is 1. The highest BCUT2D eigenvalue weighted by Gasteiger charge is 2.13. The van der Waals surface area contributed by atoms with Crippen molar-refractivity contribution in [2.75, 3.05) is 0 Å². The number of nitrogens with two attached hydrogens (primary N) is 1. The van der Waals surface area contributed by atoms with Crippen molar-refractivity contribution in [3.05, 3.63) is 35.4 Å². The van der Waals surface area contributed by atoms with Crippen LogP contribution in [0.1, 0.15) is 17.5 Å². The number of rotatable bonds is 0. The summed E-state index contributed by atoms with van der Waals surface area (Å²) in [6.45, 7) is 0. The van der Waals surface area contributed by atoms with Gasteiger partial charge >= 0.3 is 0 Å². The third kappa shape index (κ3) is 1.87. The maximum atomic E-state index is 5.85. The molecule has 0 saturated carbocycles. The number of aryl methyl sites for hydroxylation is 1. The predicted octanol–water partition coefficient (Wildman–Crippen LogP) is 2.08. The van der Waals surface area contributed by atoms with Gasteiger partial charge in [-0.15, -0.1) is 17.0 Å². The Bertz CT molecular complexity index is 260. The lowest BCUT2D eigenvalue weighted by molar-refractivity contribution is 0.576. The zero-order chi connectivity index (χ0) is 7.68. The van der Waals surface area contributed by atoms with Crippen molar-refractivity contribution < 1.29 is 0 Å². The van der Waals surface area contributed by atoms with Crippen LogP contribution < -0.4 is 5.73 Å². The smallest absolute Gasteiger partial charge is 0.00825 e. The Morgan fingerprint density at radius 2 is 1.83 bits per heavy atom. The zero-order valence-corrected chi connectivity index (χ0v) is 8.71. The molecule has 0 saturated heterocycles. The monoisotopic (exact) mass is 227 g/mol. The van der Waals surface area contributed by atoms with Crippen LogP contribution in [-0.2, 0) is 12.8 Å². The Morgan fingerprint density at radius 3 is 2.58 bits per heavy atom. The number of hydrogen-bond acceptors (Lipinski definition) is 1. The normalized spacial score (nSPS) is 20.9. The molecule has 1 aliphatic rings. The number of hydrogen-bond donors (Lipinski definition) is 1. The molecule has 1 aromatic rings. The van der Waals surface area contributed by atoms with E-state index in [9.17, 15) is 0 Å². The van der Waals surface area contributed by atoms with E-state index in [-0.39, 0.29) is 17.0 Å². The average Bonchev–Trinajstić information content (AvgIpc) is 2.04. The maximum Gasteiger partial charge on any atom is 0.00825 e. The van der Waals surface area contributed by atoms with E-state index < -0.39 is 0 Å². The van der Waals surface area contributed by atoms with Crippen molar-refractivity contribution in [2.24, 2.45) is 5.73 Å². The van der Waals surface area contributed by atoms with Gasteiger partial charge in [-0.2, -0.15) is 0 Å². The van der Waals surface area contributed by atoms with Crippen LogP contribution in [0.25, 0.3) is 0 Å². The number of benzene rings is 1. The summed E-state index contributed by atoms with van der Waals surface area (Å²) >= 11 is 0. The summed E-state index contributed by atoms with van der Waals surface area (Å²) < 4.78 is 0. The van der Waals surface area contributed by atoms with Gasteiger partial charge in [-0.05, 0) is 30.4 Å². The van der Waals surface area contributed by atoms with E-state index in [1.54, 1.807) is 0 Å². The van der Waals surface area contributed by atoms with Crippen LogP contribution in [-0.4, -0.2) is 6.04 Å². The van der Waals surface area contributed by atoms with Crippen molar-refractivity contribution >= 4 is 17.0 Å². The Kier molecular flexibility index (Phi) is 3.29. The van der Waals surface area contributed by atoms with E-state index in [4.69, 9.17) is 5.73 Å². The summed E-state index contributed by atoms with van der Waals surface area (Å²) in [4.78, 5) is 0. The highest BCUT2D eigenvalue weighted by atomic mass is 79.9. The first-order valence-corrected chi connectivity index (χ1v) is 4.18. The summed E-state index contributed by atoms with van der Waals surface area (Å²) in [5, 5.41) is 0. The molecule has 0 amide bonds.